The molecular weight excluding hydrogens is 328 g/mol. The van der Waals surface area contributed by atoms with Gasteiger partial charge in [0.15, 0.2) is 5.69 Å². The molecule has 2 aromatic rings. The van der Waals surface area contributed by atoms with Crippen molar-refractivity contribution >= 4 is 5.91 Å². The summed E-state index contributed by atoms with van der Waals surface area (Å²) in [4.78, 5) is 12.5. The summed E-state index contributed by atoms with van der Waals surface area (Å²) in [5.41, 5.74) is 8.10. The number of carbonyl (C=O) groups is 1. The third-order valence-corrected chi connectivity index (χ3v) is 4.70. The van der Waals surface area contributed by atoms with Crippen molar-refractivity contribution in [2.75, 3.05) is 0 Å². The predicted octanol–water partition coefficient (Wildman–Crippen LogP) is 3.31. The van der Waals surface area contributed by atoms with Crippen molar-refractivity contribution < 1.29 is 9.32 Å². The van der Waals surface area contributed by atoms with E-state index in [-0.39, 0.29) is 11.9 Å². The standard InChI is InChI=1S/C20H26N4O2/c1-5-8-17-11-18(23-26-17)20(25)21-19-14(3)22-24(15(19)4)12-16-10-7-6-9-13(16)2/h6-7,9-11,14,22H,5,8,12H2,1-4H3,(H,21,25). The molecule has 6 heteroatoms. The second kappa shape index (κ2) is 7.74. The van der Waals surface area contributed by atoms with E-state index in [2.05, 4.69) is 46.9 Å². The van der Waals surface area contributed by atoms with Crippen molar-refractivity contribution in [3.63, 3.8) is 0 Å². The zero-order chi connectivity index (χ0) is 18.7. The smallest absolute Gasteiger partial charge is 0.277 e. The monoisotopic (exact) mass is 354 g/mol. The molecule has 0 spiro atoms. The molecule has 3 rings (SSSR count). The highest BCUT2D eigenvalue weighted by atomic mass is 16.5. The number of aromatic nitrogens is 1. The minimum Gasteiger partial charge on any atom is -0.361 e. The highest BCUT2D eigenvalue weighted by Gasteiger charge is 2.28. The summed E-state index contributed by atoms with van der Waals surface area (Å²) in [6.07, 6.45) is 1.74. The van der Waals surface area contributed by atoms with Gasteiger partial charge in [-0.1, -0.05) is 36.3 Å². The van der Waals surface area contributed by atoms with Crippen LogP contribution in [0.15, 0.2) is 46.2 Å². The van der Waals surface area contributed by atoms with Gasteiger partial charge in [-0.15, -0.1) is 0 Å². The van der Waals surface area contributed by atoms with E-state index in [0.717, 1.165) is 36.5 Å². The van der Waals surface area contributed by atoms with E-state index in [4.69, 9.17) is 4.52 Å². The fourth-order valence-electron chi connectivity index (χ4n) is 3.15. The predicted molar refractivity (Wildman–Crippen MR) is 100.0 cm³/mol. The Morgan fingerprint density at radius 1 is 1.35 bits per heavy atom. The van der Waals surface area contributed by atoms with Gasteiger partial charge in [0.05, 0.1) is 18.3 Å². The maximum absolute atomic E-state index is 12.5. The number of benzene rings is 1. The largest absolute Gasteiger partial charge is 0.361 e. The molecule has 2 N–H and O–H groups in total. The molecule has 1 aromatic heterocycles. The van der Waals surface area contributed by atoms with Crippen LogP contribution in [0.1, 0.15) is 54.6 Å². The molecule has 1 aromatic carbocycles. The van der Waals surface area contributed by atoms with Gasteiger partial charge in [-0.25, -0.2) is 5.43 Å². The highest BCUT2D eigenvalue weighted by Crippen LogP contribution is 2.22. The average molecular weight is 354 g/mol. The molecule has 2 heterocycles. The molecule has 0 saturated heterocycles. The average Bonchev–Trinajstić information content (AvgIpc) is 3.18. The fraction of sp³-hybridized carbons (Fsp3) is 0.400. The molecule has 1 aliphatic heterocycles. The molecule has 0 aliphatic carbocycles. The van der Waals surface area contributed by atoms with Gasteiger partial charge >= 0.3 is 0 Å². The van der Waals surface area contributed by atoms with Crippen molar-refractivity contribution in [2.45, 2.75) is 53.1 Å². The molecule has 1 atom stereocenters. The van der Waals surface area contributed by atoms with E-state index in [9.17, 15) is 4.79 Å². The van der Waals surface area contributed by atoms with Crippen LogP contribution >= 0.6 is 0 Å². The van der Waals surface area contributed by atoms with Crippen molar-refractivity contribution in [3.05, 3.63) is 64.3 Å². The summed E-state index contributed by atoms with van der Waals surface area (Å²) in [6.45, 7) is 8.95. The quantitative estimate of drug-likeness (QED) is 0.833. The first-order valence-electron chi connectivity index (χ1n) is 9.05. The minimum absolute atomic E-state index is 0.0185. The zero-order valence-electron chi connectivity index (χ0n) is 15.8. The van der Waals surface area contributed by atoms with E-state index in [1.807, 2.05) is 26.0 Å². The second-order valence-electron chi connectivity index (χ2n) is 6.75. The maximum Gasteiger partial charge on any atom is 0.277 e. The Kier molecular flexibility index (Phi) is 5.42. The SMILES string of the molecule is CCCc1cc(C(=O)NC2=C(C)N(Cc3ccccc3C)NC2C)no1. The Morgan fingerprint density at radius 2 is 2.12 bits per heavy atom. The molecular formula is C20H26N4O2. The van der Waals surface area contributed by atoms with E-state index in [0.29, 0.717) is 5.69 Å². The number of nitrogens with zero attached hydrogens (tertiary/aromatic N) is 2. The number of hydrazine groups is 1. The van der Waals surface area contributed by atoms with Crippen LogP contribution in [0.4, 0.5) is 0 Å². The lowest BCUT2D eigenvalue weighted by atomic mass is 10.1. The Labute approximate surface area is 154 Å². The zero-order valence-corrected chi connectivity index (χ0v) is 15.8. The van der Waals surface area contributed by atoms with E-state index in [1.54, 1.807) is 6.07 Å². The summed E-state index contributed by atoms with van der Waals surface area (Å²) >= 11 is 0. The van der Waals surface area contributed by atoms with Gasteiger partial charge in [0.1, 0.15) is 5.76 Å². The van der Waals surface area contributed by atoms with Crippen LogP contribution in [-0.4, -0.2) is 22.1 Å². The first-order valence-corrected chi connectivity index (χ1v) is 9.05. The van der Waals surface area contributed by atoms with Gasteiger partial charge in [0.25, 0.3) is 5.91 Å². The number of allylic oxidation sites excluding steroid dienone is 1. The third kappa shape index (κ3) is 3.80. The van der Waals surface area contributed by atoms with Crippen LogP contribution in [0.2, 0.25) is 0 Å². The summed E-state index contributed by atoms with van der Waals surface area (Å²) in [7, 11) is 0. The number of rotatable bonds is 6. The van der Waals surface area contributed by atoms with Gasteiger partial charge < -0.3 is 14.8 Å². The van der Waals surface area contributed by atoms with Crippen LogP contribution in [0.3, 0.4) is 0 Å². The summed E-state index contributed by atoms with van der Waals surface area (Å²) in [6, 6.07) is 10.0. The van der Waals surface area contributed by atoms with Crippen molar-refractivity contribution in [1.82, 2.24) is 20.9 Å². The van der Waals surface area contributed by atoms with Gasteiger partial charge in [-0.05, 0) is 38.3 Å². The Morgan fingerprint density at radius 3 is 2.85 bits per heavy atom. The molecule has 138 valence electrons. The molecule has 6 nitrogen and oxygen atoms in total. The topological polar surface area (TPSA) is 70.4 Å². The maximum atomic E-state index is 12.5. The lowest BCUT2D eigenvalue weighted by Gasteiger charge is -2.22. The number of aryl methyl sites for hydroxylation is 2. The van der Waals surface area contributed by atoms with Crippen LogP contribution in [0.5, 0.6) is 0 Å². The fourth-order valence-corrected chi connectivity index (χ4v) is 3.15. The summed E-state index contributed by atoms with van der Waals surface area (Å²) in [5, 5.41) is 8.95. The minimum atomic E-state index is -0.239. The van der Waals surface area contributed by atoms with Crippen LogP contribution in [0, 0.1) is 6.92 Å². The number of nitrogens with one attached hydrogen (secondary N) is 2. The highest BCUT2D eigenvalue weighted by molar-refractivity contribution is 5.93. The number of amides is 1. The Balaban J connectivity index is 1.72. The van der Waals surface area contributed by atoms with Crippen molar-refractivity contribution in [3.8, 4) is 0 Å². The van der Waals surface area contributed by atoms with Crippen molar-refractivity contribution in [2.24, 2.45) is 0 Å². The van der Waals surface area contributed by atoms with Gasteiger partial charge in [0.2, 0.25) is 0 Å². The number of hydrogen-bond acceptors (Lipinski definition) is 5. The number of hydrogen-bond donors (Lipinski definition) is 2. The normalized spacial score (nSPS) is 17.1. The third-order valence-electron chi connectivity index (χ3n) is 4.70. The van der Waals surface area contributed by atoms with Gasteiger partial charge in [0, 0.05) is 18.2 Å². The Hall–Kier alpha value is -2.60. The molecule has 0 radical (unpaired) electrons. The summed E-state index contributed by atoms with van der Waals surface area (Å²) in [5.74, 6) is 0.499. The van der Waals surface area contributed by atoms with E-state index < -0.39 is 0 Å². The first-order chi connectivity index (χ1) is 12.5. The molecule has 1 unspecified atom stereocenters. The number of carbonyl (C=O) groups excluding carboxylic acids is 1. The van der Waals surface area contributed by atoms with Crippen LogP contribution < -0.4 is 10.7 Å². The Bertz CT molecular complexity index is 825. The van der Waals surface area contributed by atoms with Gasteiger partial charge in [-0.2, -0.15) is 0 Å². The van der Waals surface area contributed by atoms with E-state index in [1.165, 1.54) is 11.1 Å². The first kappa shape index (κ1) is 18.2. The molecule has 0 saturated carbocycles. The van der Waals surface area contributed by atoms with Gasteiger partial charge in [-0.3, -0.25) is 4.79 Å². The van der Waals surface area contributed by atoms with Crippen LogP contribution in [0.25, 0.3) is 0 Å². The van der Waals surface area contributed by atoms with Crippen molar-refractivity contribution in [1.29, 1.82) is 0 Å². The molecule has 26 heavy (non-hydrogen) atoms. The van der Waals surface area contributed by atoms with E-state index >= 15 is 0 Å². The molecule has 1 aliphatic rings. The van der Waals surface area contributed by atoms with Crippen LogP contribution in [-0.2, 0) is 13.0 Å². The lowest BCUT2D eigenvalue weighted by molar-refractivity contribution is 0.0954. The second-order valence-corrected chi connectivity index (χ2v) is 6.75. The molecule has 0 bridgehead atoms. The summed E-state index contributed by atoms with van der Waals surface area (Å²) < 4.78 is 5.20. The molecule has 1 amide bonds. The lowest BCUT2D eigenvalue weighted by Crippen LogP contribution is -2.37. The molecule has 0 fully saturated rings.